The van der Waals surface area contributed by atoms with Gasteiger partial charge < -0.3 is 14.0 Å². The van der Waals surface area contributed by atoms with Gasteiger partial charge in [-0.05, 0) is 41.8 Å². The van der Waals surface area contributed by atoms with E-state index >= 15 is 0 Å². The largest absolute Gasteiger partial charge is 0.501 e. The molecule has 0 fully saturated rings. The Labute approximate surface area is 286 Å². The van der Waals surface area contributed by atoms with Gasteiger partial charge >= 0.3 is 0 Å². The molecule has 3 aromatic carbocycles. The summed E-state index contributed by atoms with van der Waals surface area (Å²) in [6.45, 7) is 16.1. The molecule has 5 nitrogen and oxygen atoms in total. The van der Waals surface area contributed by atoms with Crippen LogP contribution < -0.4 is 5.19 Å². The fraction of sp³-hybridized carbons (Fsp3) is 0.256. The minimum atomic E-state index is -1.37. The smallest absolute Gasteiger partial charge is 0.120 e. The molecular weight excluding hydrogens is 761 g/mol. The first-order valence-electron chi connectivity index (χ1n) is 15.5. The average molecular weight is 801 g/mol. The molecule has 0 aliphatic carbocycles. The molecule has 0 aliphatic rings. The topological polar surface area (TPSA) is 56.7 Å². The Morgan fingerprint density at radius 2 is 1.65 bits per heavy atom. The Morgan fingerprint density at radius 3 is 2.35 bits per heavy atom. The van der Waals surface area contributed by atoms with Crippen LogP contribution >= 0.6 is 0 Å². The summed E-state index contributed by atoms with van der Waals surface area (Å²) < 4.78 is 8.18. The Hall–Kier alpha value is -3.90. The summed E-state index contributed by atoms with van der Waals surface area (Å²) in [5.74, 6) is 0.839. The van der Waals surface area contributed by atoms with Crippen molar-refractivity contribution in [3.8, 4) is 22.6 Å². The number of rotatable bonds is 4. The Bertz CT molecular complexity index is 2140. The predicted octanol–water partition coefficient (Wildman–Crippen LogP) is 9.32. The maximum atomic E-state index is 6.12. The quantitative estimate of drug-likeness (QED) is 0.132. The third kappa shape index (κ3) is 6.78. The number of hydrogen-bond donors (Lipinski definition) is 0. The van der Waals surface area contributed by atoms with E-state index < -0.39 is 8.07 Å². The molecule has 0 saturated heterocycles. The number of furan rings is 1. The second kappa shape index (κ2) is 13.1. The Morgan fingerprint density at radius 1 is 0.891 bits per heavy atom. The number of fused-ring (bicyclic) bond motifs is 4. The minimum Gasteiger partial charge on any atom is -0.501 e. The molecule has 0 spiro atoms. The molecule has 0 amide bonds. The van der Waals surface area contributed by atoms with Crippen molar-refractivity contribution in [1.82, 2.24) is 19.5 Å². The van der Waals surface area contributed by atoms with Gasteiger partial charge in [-0.15, -0.1) is 54.1 Å². The standard InChI is InChI=1S/C20H14N3O.C19H26NSi.Ir/c1-12-18-16(10-11-21-12)22-20(23(18)2)15-8-5-7-14-13-6-3-4-9-17(13)24-19(14)15;1-19(2,3)13-16-12-17(15-10-8-7-9-11-15)20-14-18(16)21(4,5)6;/h3-7,9-11H,1-2H3;7-10,12,14H,13H2,1-6H3;/q2*-1;. The summed E-state index contributed by atoms with van der Waals surface area (Å²) in [5.41, 5.74) is 9.37. The van der Waals surface area contributed by atoms with Crippen molar-refractivity contribution in [1.29, 1.82) is 0 Å². The number of pyridine rings is 2. The maximum absolute atomic E-state index is 6.12. The third-order valence-corrected chi connectivity index (χ3v) is 10.1. The predicted molar refractivity (Wildman–Crippen MR) is 189 cm³/mol. The molecular formula is C39H40IrN4OSi-2. The van der Waals surface area contributed by atoms with E-state index in [1.807, 2.05) is 68.6 Å². The van der Waals surface area contributed by atoms with Crippen molar-refractivity contribution >= 4 is 46.2 Å². The summed E-state index contributed by atoms with van der Waals surface area (Å²) >= 11 is 0. The zero-order valence-electron chi connectivity index (χ0n) is 27.8. The summed E-state index contributed by atoms with van der Waals surface area (Å²) in [4.78, 5) is 13.9. The SMILES string of the molecule is CC(C)(C)Cc1cc(-c2[c-]cccc2)ncc1[Si](C)(C)C.Cc1nccc2nc(-c3[c-]ccc4c3oc3ccccc34)n(C)c12.[Ir]. The van der Waals surface area contributed by atoms with Crippen LogP contribution in [-0.2, 0) is 33.6 Å². The first kappa shape index (κ1) is 33.5. The number of aryl methyl sites for hydroxylation is 2. The molecule has 0 N–H and O–H groups in total. The minimum absolute atomic E-state index is 0. The van der Waals surface area contributed by atoms with E-state index in [1.54, 1.807) is 6.20 Å². The maximum Gasteiger partial charge on any atom is 0.120 e. The summed E-state index contributed by atoms with van der Waals surface area (Å²) in [7, 11) is 0.634. The fourth-order valence-corrected chi connectivity index (χ4v) is 7.59. The molecule has 0 unspecified atom stereocenters. The van der Waals surface area contributed by atoms with Gasteiger partial charge in [-0.2, -0.15) is 0 Å². The van der Waals surface area contributed by atoms with Crippen LogP contribution in [0.1, 0.15) is 32.0 Å². The molecule has 0 saturated carbocycles. The molecule has 46 heavy (non-hydrogen) atoms. The molecule has 0 atom stereocenters. The summed E-state index contributed by atoms with van der Waals surface area (Å²) in [5, 5.41) is 3.68. The number of benzene rings is 3. The van der Waals surface area contributed by atoms with E-state index in [0.29, 0.717) is 0 Å². The van der Waals surface area contributed by atoms with Crippen molar-refractivity contribution in [3.63, 3.8) is 0 Å². The van der Waals surface area contributed by atoms with Gasteiger partial charge in [0.25, 0.3) is 0 Å². The first-order chi connectivity index (χ1) is 21.4. The number of para-hydroxylation sites is 1. The number of aromatic nitrogens is 4. The van der Waals surface area contributed by atoms with Crippen molar-refractivity contribution in [3.05, 3.63) is 109 Å². The van der Waals surface area contributed by atoms with Crippen LogP contribution in [0.3, 0.4) is 0 Å². The number of nitrogens with zero attached hydrogens (tertiary/aromatic N) is 4. The molecule has 4 heterocycles. The second-order valence-electron chi connectivity index (χ2n) is 13.9. The molecule has 7 heteroatoms. The van der Waals surface area contributed by atoms with Crippen molar-refractivity contribution in [2.24, 2.45) is 12.5 Å². The van der Waals surface area contributed by atoms with Gasteiger partial charge in [-0.25, -0.2) is 0 Å². The Kier molecular flexibility index (Phi) is 9.51. The van der Waals surface area contributed by atoms with Gasteiger partial charge in [0.2, 0.25) is 0 Å². The van der Waals surface area contributed by atoms with Crippen LogP contribution in [-0.4, -0.2) is 27.6 Å². The monoisotopic (exact) mass is 801 g/mol. The van der Waals surface area contributed by atoms with Crippen molar-refractivity contribution in [2.75, 3.05) is 0 Å². The van der Waals surface area contributed by atoms with Gasteiger partial charge in [0, 0.05) is 44.9 Å². The zero-order chi connectivity index (χ0) is 31.9. The fourth-order valence-electron chi connectivity index (χ4n) is 6.01. The number of hydrogen-bond acceptors (Lipinski definition) is 4. The third-order valence-electron chi connectivity index (χ3n) is 8.03. The van der Waals surface area contributed by atoms with E-state index in [0.717, 1.165) is 67.7 Å². The van der Waals surface area contributed by atoms with E-state index in [4.69, 9.17) is 14.4 Å². The van der Waals surface area contributed by atoms with E-state index in [9.17, 15) is 0 Å². The van der Waals surface area contributed by atoms with Crippen LogP contribution in [0.15, 0.2) is 89.6 Å². The average Bonchev–Trinajstić information content (AvgIpc) is 3.55. The van der Waals surface area contributed by atoms with Crippen LogP contribution in [0.4, 0.5) is 0 Å². The molecule has 0 bridgehead atoms. The summed E-state index contributed by atoms with van der Waals surface area (Å²) in [6, 6.07) is 30.9. The molecule has 7 rings (SSSR count). The van der Waals surface area contributed by atoms with Gasteiger partial charge in [-0.1, -0.05) is 81.2 Å². The van der Waals surface area contributed by atoms with E-state index in [-0.39, 0.29) is 25.5 Å². The second-order valence-corrected chi connectivity index (χ2v) is 19.0. The molecule has 0 aliphatic heterocycles. The van der Waals surface area contributed by atoms with Gasteiger partial charge in [0.15, 0.2) is 0 Å². The van der Waals surface area contributed by atoms with Gasteiger partial charge in [0.05, 0.1) is 36.2 Å². The molecule has 7 aromatic rings. The van der Waals surface area contributed by atoms with Crippen LogP contribution in [0.25, 0.3) is 55.6 Å². The molecule has 237 valence electrons. The number of imidazole rings is 1. The van der Waals surface area contributed by atoms with Crippen molar-refractivity contribution < 1.29 is 24.5 Å². The summed E-state index contributed by atoms with van der Waals surface area (Å²) in [6.07, 6.45) is 5.00. The van der Waals surface area contributed by atoms with Crippen LogP contribution in [0.5, 0.6) is 0 Å². The molecule has 1 radical (unpaired) electrons. The molecule has 4 aromatic heterocycles. The first-order valence-corrected chi connectivity index (χ1v) is 19.0. The zero-order valence-corrected chi connectivity index (χ0v) is 31.2. The Balaban J connectivity index is 0.000000179. The van der Waals surface area contributed by atoms with Crippen LogP contribution in [0, 0.1) is 24.5 Å². The van der Waals surface area contributed by atoms with Crippen molar-refractivity contribution in [2.45, 2.75) is 53.8 Å². The van der Waals surface area contributed by atoms with Crippen LogP contribution in [0.2, 0.25) is 19.6 Å². The van der Waals surface area contributed by atoms with Gasteiger partial charge in [-0.3, -0.25) is 9.97 Å². The normalized spacial score (nSPS) is 11.8. The van der Waals surface area contributed by atoms with E-state index in [1.165, 1.54) is 10.8 Å². The van der Waals surface area contributed by atoms with E-state index in [2.05, 4.69) is 86.5 Å². The van der Waals surface area contributed by atoms with Gasteiger partial charge in [0.1, 0.15) is 5.58 Å².